The Morgan fingerprint density at radius 3 is 2.75 bits per heavy atom. The molecule has 0 heterocycles. The predicted octanol–water partition coefficient (Wildman–Crippen LogP) is 3.73. The van der Waals surface area contributed by atoms with Crippen LogP contribution in [0, 0.1) is 47.3 Å². The van der Waals surface area contributed by atoms with E-state index in [-0.39, 0.29) is 5.92 Å². The second kappa shape index (κ2) is 3.90. The van der Waals surface area contributed by atoms with Crippen LogP contribution < -0.4 is 0 Å². The molecule has 0 spiro atoms. The van der Waals surface area contributed by atoms with Gasteiger partial charge in [-0.15, -0.1) is 0 Å². The molecule has 8 aliphatic rings. The van der Waals surface area contributed by atoms with E-state index in [1.807, 2.05) is 0 Å². The number of carbonyl (C=O) groups is 1. The number of carboxylic acid groups (broad SMARTS) is 1. The van der Waals surface area contributed by atoms with Crippen molar-refractivity contribution in [2.45, 2.75) is 44.9 Å². The van der Waals surface area contributed by atoms with Crippen LogP contribution in [-0.4, -0.2) is 11.1 Å². The van der Waals surface area contributed by atoms with Crippen LogP contribution in [-0.2, 0) is 4.79 Å². The molecular formula is C18H24O2. The third-order valence-corrected chi connectivity index (χ3v) is 7.77. The highest BCUT2D eigenvalue weighted by molar-refractivity contribution is 5.71. The highest BCUT2D eigenvalue weighted by atomic mass is 16.4. The van der Waals surface area contributed by atoms with Gasteiger partial charge in [-0.05, 0) is 86.4 Å². The summed E-state index contributed by atoms with van der Waals surface area (Å²) in [5, 5.41) is 9.78. The van der Waals surface area contributed by atoms with Gasteiger partial charge in [0.25, 0.3) is 0 Å². The van der Waals surface area contributed by atoms with E-state index in [1.165, 1.54) is 38.5 Å². The highest BCUT2D eigenvalue weighted by Crippen LogP contribution is 2.64. The van der Waals surface area contributed by atoms with Crippen molar-refractivity contribution in [3.05, 3.63) is 11.6 Å². The Kier molecular flexibility index (Phi) is 2.30. The van der Waals surface area contributed by atoms with Gasteiger partial charge in [0.1, 0.15) is 0 Å². The van der Waals surface area contributed by atoms with Crippen molar-refractivity contribution in [2.75, 3.05) is 0 Å². The van der Waals surface area contributed by atoms with E-state index < -0.39 is 5.97 Å². The van der Waals surface area contributed by atoms with Gasteiger partial charge in [0, 0.05) is 0 Å². The lowest BCUT2D eigenvalue weighted by Gasteiger charge is -2.52. The van der Waals surface area contributed by atoms with Crippen LogP contribution in [0.4, 0.5) is 0 Å². The first-order valence-electron chi connectivity index (χ1n) is 8.66. The van der Waals surface area contributed by atoms with E-state index >= 15 is 0 Å². The van der Waals surface area contributed by atoms with Crippen LogP contribution in [0.15, 0.2) is 11.6 Å². The van der Waals surface area contributed by atoms with Crippen LogP contribution >= 0.6 is 0 Å². The lowest BCUT2D eigenvalue weighted by molar-refractivity contribution is -0.154. The zero-order chi connectivity index (χ0) is 13.4. The van der Waals surface area contributed by atoms with Crippen molar-refractivity contribution in [3.63, 3.8) is 0 Å². The van der Waals surface area contributed by atoms with Gasteiger partial charge in [-0.3, -0.25) is 4.79 Å². The van der Waals surface area contributed by atoms with Crippen molar-refractivity contribution >= 4 is 5.97 Å². The van der Waals surface area contributed by atoms with Crippen LogP contribution in [0.2, 0.25) is 0 Å². The summed E-state index contributed by atoms with van der Waals surface area (Å²) in [4.78, 5) is 11.9. The van der Waals surface area contributed by atoms with E-state index in [0.717, 1.165) is 36.0 Å². The summed E-state index contributed by atoms with van der Waals surface area (Å²) >= 11 is 0. The first kappa shape index (κ1) is 11.8. The molecular weight excluding hydrogens is 248 g/mol. The van der Waals surface area contributed by atoms with Gasteiger partial charge in [0.15, 0.2) is 0 Å². The molecule has 1 N–H and O–H groups in total. The Hall–Kier alpha value is -0.790. The van der Waals surface area contributed by atoms with Crippen LogP contribution in [0.5, 0.6) is 0 Å². The summed E-state index contributed by atoms with van der Waals surface area (Å²) in [6, 6.07) is 0. The van der Waals surface area contributed by atoms with E-state index in [2.05, 4.69) is 6.08 Å². The fraction of sp³-hybridized carbons (Fsp3) is 0.833. The summed E-state index contributed by atoms with van der Waals surface area (Å²) in [7, 11) is 0. The Bertz CT molecular complexity index is 494. The summed E-state index contributed by atoms with van der Waals surface area (Å²) < 4.78 is 0. The first-order valence-corrected chi connectivity index (χ1v) is 8.66. The van der Waals surface area contributed by atoms with Crippen molar-refractivity contribution in [3.8, 4) is 0 Å². The van der Waals surface area contributed by atoms with Gasteiger partial charge < -0.3 is 5.11 Å². The number of fused-ring (bicyclic) bond motifs is 1. The number of hydrogen-bond acceptors (Lipinski definition) is 1. The summed E-state index contributed by atoms with van der Waals surface area (Å²) in [5.74, 6) is 4.57. The van der Waals surface area contributed by atoms with Crippen LogP contribution in [0.1, 0.15) is 44.9 Å². The van der Waals surface area contributed by atoms with E-state index in [0.29, 0.717) is 11.8 Å². The average Bonchev–Trinajstić information content (AvgIpc) is 2.94. The molecule has 8 atom stereocenters. The quantitative estimate of drug-likeness (QED) is 0.739. The normalized spacial score (nSPS) is 55.3. The van der Waals surface area contributed by atoms with Crippen molar-refractivity contribution in [1.29, 1.82) is 0 Å². The van der Waals surface area contributed by atoms with Gasteiger partial charge in [0.05, 0.1) is 5.92 Å². The topological polar surface area (TPSA) is 37.3 Å². The van der Waals surface area contributed by atoms with E-state index in [1.54, 1.807) is 5.57 Å². The monoisotopic (exact) mass is 272 g/mol. The summed E-state index contributed by atoms with van der Waals surface area (Å²) in [5.41, 5.74) is 1.77. The lowest BCUT2D eigenvalue weighted by Crippen LogP contribution is -2.49. The standard InChI is InChI=1S/C18H24O2/c19-18(20)16-8-10-7-9-1-2-12(10)14-6-4-13-11(9)3-5-15(13)17(14)16/h3,9-10,12-17H,1-2,4-8H2,(H,19,20). The Labute approximate surface area is 120 Å². The maximum absolute atomic E-state index is 11.9. The van der Waals surface area contributed by atoms with Gasteiger partial charge in [-0.2, -0.15) is 0 Å². The molecule has 7 saturated carbocycles. The smallest absolute Gasteiger partial charge is 0.306 e. The van der Waals surface area contributed by atoms with Crippen molar-refractivity contribution in [1.82, 2.24) is 0 Å². The molecule has 0 aliphatic heterocycles. The molecule has 7 fully saturated rings. The second-order valence-corrected chi connectivity index (χ2v) is 8.14. The molecule has 0 amide bonds. The van der Waals surface area contributed by atoms with Gasteiger partial charge >= 0.3 is 5.97 Å². The van der Waals surface area contributed by atoms with Crippen LogP contribution in [0.3, 0.4) is 0 Å². The first-order chi connectivity index (χ1) is 9.74. The number of rotatable bonds is 1. The fourth-order valence-corrected chi connectivity index (χ4v) is 7.26. The van der Waals surface area contributed by atoms with Gasteiger partial charge in [0.2, 0.25) is 0 Å². The molecule has 8 bridgehead atoms. The fourth-order valence-electron chi connectivity index (χ4n) is 7.26. The third kappa shape index (κ3) is 1.33. The zero-order valence-corrected chi connectivity index (χ0v) is 12.0. The summed E-state index contributed by atoms with van der Waals surface area (Å²) in [6.07, 6.45) is 11.5. The highest BCUT2D eigenvalue weighted by Gasteiger charge is 2.58. The second-order valence-electron chi connectivity index (χ2n) is 8.14. The van der Waals surface area contributed by atoms with Crippen molar-refractivity contribution in [2.24, 2.45) is 47.3 Å². The molecule has 8 rings (SSSR count). The molecule has 108 valence electrons. The molecule has 0 saturated heterocycles. The van der Waals surface area contributed by atoms with E-state index in [9.17, 15) is 9.90 Å². The SMILES string of the molecule is O=C(O)C1CC2CC3CCC2C2CCC4C3=CCC4C12. The Morgan fingerprint density at radius 1 is 1.05 bits per heavy atom. The molecule has 8 aliphatic carbocycles. The molecule has 0 aromatic rings. The average molecular weight is 272 g/mol. The Morgan fingerprint density at radius 2 is 1.90 bits per heavy atom. The van der Waals surface area contributed by atoms with Gasteiger partial charge in [-0.1, -0.05) is 11.6 Å². The number of aliphatic carboxylic acids is 1. The largest absolute Gasteiger partial charge is 0.481 e. The summed E-state index contributed by atoms with van der Waals surface area (Å²) in [6.45, 7) is 0. The minimum Gasteiger partial charge on any atom is -0.481 e. The maximum atomic E-state index is 11.9. The predicted molar refractivity (Wildman–Crippen MR) is 76.0 cm³/mol. The van der Waals surface area contributed by atoms with Crippen molar-refractivity contribution < 1.29 is 9.90 Å². The molecule has 0 aromatic carbocycles. The third-order valence-electron chi connectivity index (χ3n) is 7.77. The molecule has 0 radical (unpaired) electrons. The van der Waals surface area contributed by atoms with Crippen LogP contribution in [0.25, 0.3) is 0 Å². The molecule has 8 unspecified atom stereocenters. The lowest BCUT2D eigenvalue weighted by atomic mass is 9.51. The zero-order valence-electron chi connectivity index (χ0n) is 12.0. The minimum atomic E-state index is -0.489. The molecule has 2 nitrogen and oxygen atoms in total. The minimum absolute atomic E-state index is 0.0290. The van der Waals surface area contributed by atoms with Gasteiger partial charge in [-0.25, -0.2) is 0 Å². The molecule has 20 heavy (non-hydrogen) atoms. The molecule has 2 heteroatoms. The number of carboxylic acids is 1. The molecule has 0 aromatic heterocycles. The Balaban J connectivity index is 1.68. The number of allylic oxidation sites excluding steroid dienone is 2. The number of hydrogen-bond donors (Lipinski definition) is 1. The maximum Gasteiger partial charge on any atom is 0.306 e. The van der Waals surface area contributed by atoms with E-state index in [4.69, 9.17) is 0 Å².